The van der Waals surface area contributed by atoms with Crippen LogP contribution >= 0.6 is 0 Å². The van der Waals surface area contributed by atoms with Gasteiger partial charge in [-0.05, 0) is 19.1 Å². The van der Waals surface area contributed by atoms with E-state index in [0.29, 0.717) is 49.7 Å². The molecule has 1 N–H and O–H groups in total. The molecule has 0 bridgehead atoms. The van der Waals surface area contributed by atoms with E-state index in [1.165, 1.54) is 0 Å². The summed E-state index contributed by atoms with van der Waals surface area (Å²) < 4.78 is 16.3. The van der Waals surface area contributed by atoms with Gasteiger partial charge in [-0.2, -0.15) is 0 Å². The zero-order valence-corrected chi connectivity index (χ0v) is 13.6. The maximum Gasteiger partial charge on any atom is 0.322 e. The number of aryl methyl sites for hydroxylation is 1. The zero-order chi connectivity index (χ0) is 16.9. The minimum atomic E-state index is -0.424. The average Bonchev–Trinajstić information content (AvgIpc) is 3.03. The Labute approximate surface area is 139 Å². The van der Waals surface area contributed by atoms with E-state index in [0.717, 1.165) is 0 Å². The third kappa shape index (κ3) is 3.46. The fraction of sp³-hybridized carbons (Fsp3) is 0.467. The third-order valence-electron chi connectivity index (χ3n) is 3.51. The Morgan fingerprint density at radius 1 is 1.50 bits per heavy atom. The summed E-state index contributed by atoms with van der Waals surface area (Å²) in [5, 5.41) is 10.6. The van der Waals surface area contributed by atoms with Crippen LogP contribution < -0.4 is 10.1 Å². The molecule has 2 aromatic rings. The molecule has 0 aromatic carbocycles. The summed E-state index contributed by atoms with van der Waals surface area (Å²) in [7, 11) is 0. The van der Waals surface area contributed by atoms with Crippen molar-refractivity contribution in [1.29, 1.82) is 0 Å². The number of ether oxygens (including phenoxy) is 2. The molecule has 1 saturated heterocycles. The van der Waals surface area contributed by atoms with Crippen LogP contribution in [0.5, 0.6) is 5.88 Å². The number of urea groups is 1. The topological polar surface area (TPSA) is 103 Å². The molecule has 1 aliphatic heterocycles. The van der Waals surface area contributed by atoms with Gasteiger partial charge in [-0.1, -0.05) is 0 Å². The monoisotopic (exact) mass is 333 g/mol. The number of pyridine rings is 1. The summed E-state index contributed by atoms with van der Waals surface area (Å²) in [5.41, 5.74) is 0.510. The summed E-state index contributed by atoms with van der Waals surface area (Å²) >= 11 is 0. The van der Waals surface area contributed by atoms with Crippen LogP contribution in [-0.2, 0) is 4.74 Å². The fourth-order valence-corrected chi connectivity index (χ4v) is 2.42. The van der Waals surface area contributed by atoms with Crippen LogP contribution in [0, 0.1) is 6.92 Å². The number of carbonyl (C=O) groups excluding carboxylic acids is 1. The molecule has 2 amide bonds. The SMILES string of the molecule is CCOc1ncccc1NC(=O)N1CCOC[C@H]1c1nnc(C)o1. The van der Waals surface area contributed by atoms with E-state index in [4.69, 9.17) is 13.9 Å². The second kappa shape index (κ2) is 7.26. The Hall–Kier alpha value is -2.68. The molecule has 0 unspecified atom stereocenters. The summed E-state index contributed by atoms with van der Waals surface area (Å²) in [5.74, 6) is 1.19. The van der Waals surface area contributed by atoms with Crippen molar-refractivity contribution in [3.05, 3.63) is 30.1 Å². The first kappa shape index (κ1) is 16.2. The van der Waals surface area contributed by atoms with E-state index in [9.17, 15) is 4.79 Å². The Kier molecular flexibility index (Phi) is 4.90. The molecule has 0 spiro atoms. The second-order valence-corrected chi connectivity index (χ2v) is 5.16. The summed E-state index contributed by atoms with van der Waals surface area (Å²) in [6.45, 7) is 5.19. The Morgan fingerprint density at radius 2 is 2.38 bits per heavy atom. The van der Waals surface area contributed by atoms with Crippen LogP contribution in [0.25, 0.3) is 0 Å². The number of hydrogen-bond acceptors (Lipinski definition) is 7. The van der Waals surface area contributed by atoms with Crippen molar-refractivity contribution in [2.75, 3.05) is 31.7 Å². The molecule has 1 fully saturated rings. The number of aromatic nitrogens is 3. The molecule has 9 heteroatoms. The predicted octanol–water partition coefficient (Wildman–Crippen LogP) is 1.78. The van der Waals surface area contributed by atoms with Gasteiger partial charge in [0.25, 0.3) is 0 Å². The number of hydrogen-bond donors (Lipinski definition) is 1. The highest BCUT2D eigenvalue weighted by atomic mass is 16.5. The average molecular weight is 333 g/mol. The van der Waals surface area contributed by atoms with Crippen LogP contribution in [0.3, 0.4) is 0 Å². The van der Waals surface area contributed by atoms with Gasteiger partial charge >= 0.3 is 6.03 Å². The molecule has 3 heterocycles. The molecule has 128 valence electrons. The highest BCUT2D eigenvalue weighted by Gasteiger charge is 2.33. The molecule has 1 aliphatic rings. The standard InChI is InChI=1S/C15H19N5O4/c1-3-23-13-11(5-4-6-16-13)17-15(21)20-7-8-22-9-12(20)14-19-18-10(2)24-14/h4-6,12H,3,7-9H2,1-2H3,(H,17,21)/t12-/m0/s1. The fourth-order valence-electron chi connectivity index (χ4n) is 2.42. The number of carbonyl (C=O) groups is 1. The molecule has 2 aromatic heterocycles. The van der Waals surface area contributed by atoms with E-state index in [1.54, 1.807) is 30.2 Å². The third-order valence-corrected chi connectivity index (χ3v) is 3.51. The van der Waals surface area contributed by atoms with E-state index in [1.807, 2.05) is 6.92 Å². The van der Waals surface area contributed by atoms with E-state index < -0.39 is 6.04 Å². The minimum absolute atomic E-state index is 0.298. The van der Waals surface area contributed by atoms with Crippen LogP contribution in [0.2, 0.25) is 0 Å². The number of anilines is 1. The van der Waals surface area contributed by atoms with Gasteiger partial charge in [0.2, 0.25) is 17.7 Å². The Balaban J connectivity index is 1.77. The molecule has 3 rings (SSSR count). The van der Waals surface area contributed by atoms with Gasteiger partial charge in [0.1, 0.15) is 11.7 Å². The van der Waals surface area contributed by atoms with Gasteiger partial charge in [-0.15, -0.1) is 10.2 Å². The number of nitrogens with zero attached hydrogens (tertiary/aromatic N) is 4. The first-order chi connectivity index (χ1) is 11.7. The van der Waals surface area contributed by atoms with Crippen molar-refractivity contribution in [3.8, 4) is 5.88 Å². The molecule has 24 heavy (non-hydrogen) atoms. The smallest absolute Gasteiger partial charge is 0.322 e. The van der Waals surface area contributed by atoms with E-state index in [2.05, 4.69) is 20.5 Å². The van der Waals surface area contributed by atoms with Gasteiger partial charge in [-0.25, -0.2) is 9.78 Å². The molecule has 9 nitrogen and oxygen atoms in total. The maximum atomic E-state index is 12.7. The summed E-state index contributed by atoms with van der Waals surface area (Å²) in [6.07, 6.45) is 1.61. The van der Waals surface area contributed by atoms with Crippen molar-refractivity contribution in [1.82, 2.24) is 20.1 Å². The number of nitrogens with one attached hydrogen (secondary N) is 1. The second-order valence-electron chi connectivity index (χ2n) is 5.16. The lowest BCUT2D eigenvalue weighted by atomic mass is 10.2. The van der Waals surface area contributed by atoms with Crippen molar-refractivity contribution < 1.29 is 18.7 Å². The van der Waals surface area contributed by atoms with E-state index >= 15 is 0 Å². The van der Waals surface area contributed by atoms with E-state index in [-0.39, 0.29) is 6.03 Å². The molecular formula is C15H19N5O4. The lowest BCUT2D eigenvalue weighted by Crippen LogP contribution is -2.45. The highest BCUT2D eigenvalue weighted by Crippen LogP contribution is 2.26. The number of morpholine rings is 1. The largest absolute Gasteiger partial charge is 0.476 e. The quantitative estimate of drug-likeness (QED) is 0.909. The number of amides is 2. The van der Waals surface area contributed by atoms with Crippen LogP contribution in [0.4, 0.5) is 10.5 Å². The first-order valence-corrected chi connectivity index (χ1v) is 7.72. The molecule has 0 aliphatic carbocycles. The normalized spacial score (nSPS) is 17.6. The predicted molar refractivity (Wildman–Crippen MR) is 83.7 cm³/mol. The van der Waals surface area contributed by atoms with Gasteiger partial charge in [0.15, 0.2) is 0 Å². The molecule has 1 atom stereocenters. The molecular weight excluding hydrogens is 314 g/mol. The highest BCUT2D eigenvalue weighted by molar-refractivity contribution is 5.90. The van der Waals surface area contributed by atoms with Crippen LogP contribution in [0.1, 0.15) is 24.7 Å². The lowest BCUT2D eigenvalue weighted by molar-refractivity contribution is 0.00510. The Bertz CT molecular complexity index is 705. The molecule has 0 radical (unpaired) electrons. The molecule has 0 saturated carbocycles. The minimum Gasteiger partial charge on any atom is -0.476 e. The van der Waals surface area contributed by atoms with Crippen molar-refractivity contribution in [2.45, 2.75) is 19.9 Å². The lowest BCUT2D eigenvalue weighted by Gasteiger charge is -2.33. The summed E-state index contributed by atoms with van der Waals surface area (Å²) in [4.78, 5) is 18.4. The first-order valence-electron chi connectivity index (χ1n) is 7.72. The van der Waals surface area contributed by atoms with Crippen molar-refractivity contribution in [3.63, 3.8) is 0 Å². The number of rotatable bonds is 4. The summed E-state index contributed by atoms with van der Waals surface area (Å²) in [6, 6.07) is 2.75. The van der Waals surface area contributed by atoms with Gasteiger partial charge in [-0.3, -0.25) is 0 Å². The van der Waals surface area contributed by atoms with Gasteiger partial charge < -0.3 is 24.1 Å². The van der Waals surface area contributed by atoms with Crippen LogP contribution in [-0.4, -0.2) is 52.5 Å². The van der Waals surface area contributed by atoms with Gasteiger partial charge in [0.05, 0.1) is 19.8 Å². The van der Waals surface area contributed by atoms with Crippen molar-refractivity contribution in [2.24, 2.45) is 0 Å². The van der Waals surface area contributed by atoms with Gasteiger partial charge in [0, 0.05) is 19.7 Å². The zero-order valence-electron chi connectivity index (χ0n) is 13.6. The van der Waals surface area contributed by atoms with Crippen LogP contribution in [0.15, 0.2) is 22.7 Å². The van der Waals surface area contributed by atoms with Crippen molar-refractivity contribution >= 4 is 11.7 Å². The maximum absolute atomic E-state index is 12.7. The Morgan fingerprint density at radius 3 is 3.12 bits per heavy atom.